The Labute approximate surface area is 139 Å². The number of fused-ring (bicyclic) bond motifs is 1. The van der Waals surface area contributed by atoms with E-state index >= 15 is 0 Å². The molecule has 2 nitrogen and oxygen atoms in total. The van der Waals surface area contributed by atoms with E-state index in [0.29, 0.717) is 6.61 Å². The minimum atomic E-state index is 0.0536. The molecule has 0 amide bonds. The highest BCUT2D eigenvalue weighted by molar-refractivity contribution is 6.07. The summed E-state index contributed by atoms with van der Waals surface area (Å²) in [6.45, 7) is 10.3. The van der Waals surface area contributed by atoms with Crippen LogP contribution in [0, 0.1) is 12.3 Å². The molecule has 23 heavy (non-hydrogen) atoms. The Morgan fingerprint density at radius 3 is 2.48 bits per heavy atom. The van der Waals surface area contributed by atoms with Crippen molar-refractivity contribution >= 4 is 5.71 Å². The van der Waals surface area contributed by atoms with Crippen molar-refractivity contribution in [2.75, 3.05) is 6.54 Å². The lowest BCUT2D eigenvalue weighted by atomic mass is 9.79. The van der Waals surface area contributed by atoms with E-state index in [1.165, 1.54) is 28.0 Å². The fraction of sp³-hybridized carbons (Fsp3) is 0.381. The predicted molar refractivity (Wildman–Crippen MR) is 96.5 cm³/mol. The molecule has 0 unspecified atom stereocenters. The lowest BCUT2D eigenvalue weighted by Gasteiger charge is -2.29. The number of aliphatic imine (C=N–C) groups is 1. The van der Waals surface area contributed by atoms with Crippen LogP contribution in [-0.2, 0) is 13.0 Å². The molecule has 0 N–H and O–H groups in total. The molecule has 0 saturated heterocycles. The second-order valence-corrected chi connectivity index (χ2v) is 7.24. The topological polar surface area (TPSA) is 21.6 Å². The van der Waals surface area contributed by atoms with Crippen molar-refractivity contribution in [1.29, 1.82) is 0 Å². The molecular formula is C21H25NO. The predicted octanol–water partition coefficient (Wildman–Crippen LogP) is 4.97. The molecule has 2 heteroatoms. The fourth-order valence-corrected chi connectivity index (χ4v) is 3.16. The van der Waals surface area contributed by atoms with Crippen molar-refractivity contribution in [3.8, 4) is 5.75 Å². The van der Waals surface area contributed by atoms with Gasteiger partial charge in [0.15, 0.2) is 0 Å². The summed E-state index contributed by atoms with van der Waals surface area (Å²) in [4.78, 5) is 4.82. The second kappa shape index (κ2) is 6.19. The van der Waals surface area contributed by atoms with Gasteiger partial charge in [-0.05, 0) is 30.5 Å². The van der Waals surface area contributed by atoms with Gasteiger partial charge in [-0.15, -0.1) is 0 Å². The summed E-state index contributed by atoms with van der Waals surface area (Å²) >= 11 is 0. The van der Waals surface area contributed by atoms with Crippen LogP contribution in [0.1, 0.15) is 43.0 Å². The van der Waals surface area contributed by atoms with Crippen molar-refractivity contribution in [3.05, 3.63) is 64.7 Å². The number of hydrogen-bond acceptors (Lipinski definition) is 2. The van der Waals surface area contributed by atoms with E-state index < -0.39 is 0 Å². The summed E-state index contributed by atoms with van der Waals surface area (Å²) in [7, 11) is 0. The zero-order chi connectivity index (χ0) is 16.4. The summed E-state index contributed by atoms with van der Waals surface area (Å²) in [5, 5.41) is 0. The van der Waals surface area contributed by atoms with Crippen molar-refractivity contribution < 1.29 is 4.74 Å². The summed E-state index contributed by atoms with van der Waals surface area (Å²) in [5.74, 6) is 1.01. The van der Waals surface area contributed by atoms with Gasteiger partial charge in [-0.25, -0.2) is 0 Å². The lowest BCUT2D eigenvalue weighted by Crippen LogP contribution is -2.27. The molecule has 120 valence electrons. The van der Waals surface area contributed by atoms with Gasteiger partial charge >= 0.3 is 0 Å². The fourth-order valence-electron chi connectivity index (χ4n) is 3.16. The third-order valence-electron chi connectivity index (χ3n) is 4.29. The average Bonchev–Trinajstić information content (AvgIpc) is 2.54. The van der Waals surface area contributed by atoms with Gasteiger partial charge in [0, 0.05) is 28.8 Å². The van der Waals surface area contributed by atoms with E-state index in [1.807, 2.05) is 18.2 Å². The molecule has 0 spiro atoms. The average molecular weight is 307 g/mol. The highest BCUT2D eigenvalue weighted by Crippen LogP contribution is 2.35. The number of hydrogen-bond donors (Lipinski definition) is 0. The van der Waals surface area contributed by atoms with Crippen LogP contribution in [0.3, 0.4) is 0 Å². The number of ether oxygens (including phenoxy) is 1. The summed E-state index contributed by atoms with van der Waals surface area (Å²) in [5.41, 5.74) is 6.37. The smallest absolute Gasteiger partial charge is 0.123 e. The maximum atomic E-state index is 6.15. The number of nitrogens with zero attached hydrogens (tertiary/aromatic N) is 1. The van der Waals surface area contributed by atoms with Crippen LogP contribution in [0.5, 0.6) is 5.75 Å². The first-order valence-electron chi connectivity index (χ1n) is 8.31. The second-order valence-electron chi connectivity index (χ2n) is 7.24. The van der Waals surface area contributed by atoms with Gasteiger partial charge in [-0.3, -0.25) is 4.99 Å². The van der Waals surface area contributed by atoms with E-state index in [9.17, 15) is 0 Å². The van der Waals surface area contributed by atoms with E-state index in [-0.39, 0.29) is 5.41 Å². The molecule has 0 saturated carbocycles. The van der Waals surface area contributed by atoms with Gasteiger partial charge in [-0.2, -0.15) is 0 Å². The Balaban J connectivity index is 1.94. The molecule has 1 aliphatic heterocycles. The Kier molecular flexibility index (Phi) is 4.25. The van der Waals surface area contributed by atoms with E-state index in [0.717, 1.165) is 18.7 Å². The first kappa shape index (κ1) is 15.8. The first-order valence-corrected chi connectivity index (χ1v) is 8.31. The van der Waals surface area contributed by atoms with Gasteiger partial charge in [0.25, 0.3) is 0 Å². The highest BCUT2D eigenvalue weighted by atomic mass is 16.5. The lowest BCUT2D eigenvalue weighted by molar-refractivity contribution is 0.302. The molecule has 3 rings (SSSR count). The zero-order valence-corrected chi connectivity index (χ0v) is 14.5. The van der Waals surface area contributed by atoms with Gasteiger partial charge in [0.1, 0.15) is 12.4 Å². The minimum Gasteiger partial charge on any atom is -0.489 e. The molecule has 2 aromatic carbocycles. The van der Waals surface area contributed by atoms with Crippen LogP contribution in [-0.4, -0.2) is 12.3 Å². The van der Waals surface area contributed by atoms with E-state index in [2.05, 4.69) is 52.0 Å². The molecule has 0 atom stereocenters. The van der Waals surface area contributed by atoms with Crippen LogP contribution in [0.2, 0.25) is 0 Å². The highest BCUT2D eigenvalue weighted by Gasteiger charge is 2.28. The van der Waals surface area contributed by atoms with Crippen LogP contribution in [0.15, 0.2) is 47.5 Å². The summed E-state index contributed by atoms with van der Waals surface area (Å²) < 4.78 is 6.15. The van der Waals surface area contributed by atoms with Gasteiger partial charge in [0.05, 0.1) is 0 Å². The third kappa shape index (κ3) is 3.31. The SMILES string of the molecule is Cc1ccc(OCc2ccccc2)c2c1C(C(C)(C)C)=NCC2. The van der Waals surface area contributed by atoms with Crippen LogP contribution < -0.4 is 4.74 Å². The third-order valence-corrected chi connectivity index (χ3v) is 4.29. The number of aryl methyl sites for hydroxylation is 1. The van der Waals surface area contributed by atoms with Crippen molar-refractivity contribution in [1.82, 2.24) is 0 Å². The molecule has 0 bridgehead atoms. The Morgan fingerprint density at radius 1 is 1.04 bits per heavy atom. The molecule has 1 heterocycles. The van der Waals surface area contributed by atoms with Gasteiger partial charge < -0.3 is 4.74 Å². The summed E-state index contributed by atoms with van der Waals surface area (Å²) in [6, 6.07) is 14.6. The summed E-state index contributed by atoms with van der Waals surface area (Å²) in [6.07, 6.45) is 0.959. The Bertz CT molecular complexity index is 723. The molecule has 0 aromatic heterocycles. The molecule has 1 aliphatic rings. The first-order chi connectivity index (χ1) is 11.0. The molecular weight excluding hydrogens is 282 g/mol. The van der Waals surface area contributed by atoms with Gasteiger partial charge in [0.2, 0.25) is 0 Å². The maximum Gasteiger partial charge on any atom is 0.123 e. The van der Waals surface area contributed by atoms with Crippen LogP contribution >= 0.6 is 0 Å². The molecule has 0 fully saturated rings. The largest absolute Gasteiger partial charge is 0.489 e. The van der Waals surface area contributed by atoms with Gasteiger partial charge in [-0.1, -0.05) is 57.2 Å². The standard InChI is InChI=1S/C21H25NO/c1-15-10-11-18(23-14-16-8-6-5-7-9-16)17-12-13-22-20(19(15)17)21(2,3)4/h5-11H,12-14H2,1-4H3. The Hall–Kier alpha value is -2.09. The van der Waals surface area contributed by atoms with E-state index in [1.54, 1.807) is 0 Å². The number of benzene rings is 2. The van der Waals surface area contributed by atoms with Crippen LogP contribution in [0.4, 0.5) is 0 Å². The zero-order valence-electron chi connectivity index (χ0n) is 14.5. The van der Waals surface area contributed by atoms with E-state index in [4.69, 9.17) is 9.73 Å². The Morgan fingerprint density at radius 2 is 1.78 bits per heavy atom. The van der Waals surface area contributed by atoms with Crippen LogP contribution in [0.25, 0.3) is 0 Å². The molecule has 2 aromatic rings. The number of rotatable bonds is 3. The monoisotopic (exact) mass is 307 g/mol. The molecule has 0 radical (unpaired) electrons. The maximum absolute atomic E-state index is 6.15. The minimum absolute atomic E-state index is 0.0536. The normalized spacial score (nSPS) is 14.2. The van der Waals surface area contributed by atoms with Crippen molar-refractivity contribution in [2.45, 2.75) is 40.7 Å². The quantitative estimate of drug-likeness (QED) is 0.785. The molecule has 0 aliphatic carbocycles. The van der Waals surface area contributed by atoms with Crippen molar-refractivity contribution in [3.63, 3.8) is 0 Å². The van der Waals surface area contributed by atoms with Crippen molar-refractivity contribution in [2.24, 2.45) is 10.4 Å².